The first kappa shape index (κ1) is 15.2. The first-order chi connectivity index (χ1) is 8.32. The van der Waals surface area contributed by atoms with Crippen LogP contribution in [0.25, 0.3) is 0 Å². The highest BCUT2D eigenvalue weighted by molar-refractivity contribution is 5.27. The van der Waals surface area contributed by atoms with Crippen molar-refractivity contribution in [3.63, 3.8) is 0 Å². The Morgan fingerprint density at radius 1 is 1.11 bits per heavy atom. The van der Waals surface area contributed by atoms with Crippen LogP contribution in [0.5, 0.6) is 0 Å². The molecule has 18 heavy (non-hydrogen) atoms. The average Bonchev–Trinajstić information content (AvgIpc) is 2.36. The Labute approximate surface area is 112 Å². The fraction of sp³-hybridized carbons (Fsp3) is 0.625. The Morgan fingerprint density at radius 2 is 1.56 bits per heavy atom. The minimum atomic E-state index is -0.460. The Hall–Kier alpha value is -0.860. The van der Waals surface area contributed by atoms with Gasteiger partial charge in [-0.1, -0.05) is 45.0 Å². The van der Waals surface area contributed by atoms with Crippen molar-refractivity contribution in [3.05, 3.63) is 35.4 Å². The lowest BCUT2D eigenvalue weighted by Crippen LogP contribution is -2.46. The molecule has 0 spiro atoms. The van der Waals surface area contributed by atoms with Crippen LogP contribution in [0, 0.1) is 0 Å². The van der Waals surface area contributed by atoms with Gasteiger partial charge in [-0.15, -0.1) is 0 Å². The van der Waals surface area contributed by atoms with Crippen molar-refractivity contribution in [1.82, 2.24) is 4.90 Å². The fourth-order valence-electron chi connectivity index (χ4n) is 2.18. The summed E-state index contributed by atoms with van der Waals surface area (Å²) in [4.78, 5) is 2.11. The minimum absolute atomic E-state index is 0.223. The van der Waals surface area contributed by atoms with Crippen LogP contribution in [0.4, 0.5) is 0 Å². The summed E-state index contributed by atoms with van der Waals surface area (Å²) >= 11 is 0. The number of likely N-dealkylation sites (N-methyl/N-ethyl adjacent to an activating group) is 1. The van der Waals surface area contributed by atoms with Crippen LogP contribution in [0.2, 0.25) is 0 Å². The molecule has 0 saturated heterocycles. The lowest BCUT2D eigenvalue weighted by molar-refractivity contribution is 0.000858. The third kappa shape index (κ3) is 2.93. The van der Waals surface area contributed by atoms with Gasteiger partial charge < -0.3 is 10.0 Å². The predicted molar refractivity (Wildman–Crippen MR) is 77.9 cm³/mol. The van der Waals surface area contributed by atoms with E-state index < -0.39 is 6.10 Å². The van der Waals surface area contributed by atoms with Crippen molar-refractivity contribution < 1.29 is 5.11 Å². The third-order valence-electron chi connectivity index (χ3n) is 4.25. The minimum Gasteiger partial charge on any atom is -0.386 e. The number of hydrogen-bond acceptors (Lipinski definition) is 2. The summed E-state index contributed by atoms with van der Waals surface area (Å²) in [5, 5.41) is 10.6. The predicted octanol–water partition coefficient (Wildman–Crippen LogP) is 3.57. The van der Waals surface area contributed by atoms with E-state index in [9.17, 15) is 5.11 Å². The lowest BCUT2D eigenvalue weighted by Gasteiger charge is -2.40. The molecule has 0 aliphatic carbocycles. The van der Waals surface area contributed by atoms with Crippen LogP contribution in [-0.2, 0) is 0 Å². The second-order valence-electron chi connectivity index (χ2n) is 5.83. The first-order valence-corrected chi connectivity index (χ1v) is 6.78. The standard InChI is InChI=1S/C16H27NO/c1-7-16(4,17(5)6)15(18)14-10-8-13(9-11-14)12(2)3/h8-12,15,18H,7H2,1-6H3. The van der Waals surface area contributed by atoms with Gasteiger partial charge in [0.25, 0.3) is 0 Å². The molecule has 1 rings (SSSR count). The second-order valence-corrected chi connectivity index (χ2v) is 5.83. The number of aliphatic hydroxyl groups is 1. The smallest absolute Gasteiger partial charge is 0.0970 e. The van der Waals surface area contributed by atoms with Crippen molar-refractivity contribution >= 4 is 0 Å². The van der Waals surface area contributed by atoms with E-state index >= 15 is 0 Å². The molecule has 0 aromatic heterocycles. The Morgan fingerprint density at radius 3 is 1.89 bits per heavy atom. The van der Waals surface area contributed by atoms with Gasteiger partial charge in [-0.3, -0.25) is 0 Å². The maximum absolute atomic E-state index is 10.6. The maximum Gasteiger partial charge on any atom is 0.0970 e. The van der Waals surface area contributed by atoms with E-state index in [2.05, 4.69) is 56.9 Å². The van der Waals surface area contributed by atoms with Crippen molar-refractivity contribution in [2.45, 2.75) is 51.7 Å². The molecule has 1 N–H and O–H groups in total. The summed E-state index contributed by atoms with van der Waals surface area (Å²) < 4.78 is 0. The second kappa shape index (κ2) is 5.85. The number of benzene rings is 1. The van der Waals surface area contributed by atoms with Gasteiger partial charge in [0.2, 0.25) is 0 Å². The molecule has 0 aliphatic heterocycles. The molecule has 2 atom stereocenters. The van der Waals surface area contributed by atoms with E-state index in [4.69, 9.17) is 0 Å². The zero-order valence-corrected chi connectivity index (χ0v) is 12.6. The van der Waals surface area contributed by atoms with Crippen molar-refractivity contribution in [1.29, 1.82) is 0 Å². The fourth-order valence-corrected chi connectivity index (χ4v) is 2.18. The van der Waals surface area contributed by atoms with Gasteiger partial charge in [-0.25, -0.2) is 0 Å². The van der Waals surface area contributed by atoms with Crippen LogP contribution >= 0.6 is 0 Å². The third-order valence-corrected chi connectivity index (χ3v) is 4.25. The summed E-state index contributed by atoms with van der Waals surface area (Å²) in [5.74, 6) is 0.530. The molecular formula is C16H27NO. The van der Waals surface area contributed by atoms with Crippen molar-refractivity contribution in [3.8, 4) is 0 Å². The summed E-state index contributed by atoms with van der Waals surface area (Å²) in [6.07, 6.45) is 0.450. The van der Waals surface area contributed by atoms with E-state index in [-0.39, 0.29) is 5.54 Å². The van der Waals surface area contributed by atoms with Gasteiger partial charge in [-0.2, -0.15) is 0 Å². The summed E-state index contributed by atoms with van der Waals surface area (Å²) in [5.41, 5.74) is 2.09. The van der Waals surface area contributed by atoms with Crippen LogP contribution in [0.3, 0.4) is 0 Å². The topological polar surface area (TPSA) is 23.5 Å². The summed E-state index contributed by atoms with van der Waals surface area (Å²) in [7, 11) is 4.05. The highest BCUT2D eigenvalue weighted by Gasteiger charge is 2.34. The average molecular weight is 249 g/mol. The SMILES string of the molecule is CCC(C)(C(O)c1ccc(C(C)C)cc1)N(C)C. The highest BCUT2D eigenvalue weighted by atomic mass is 16.3. The van der Waals surface area contributed by atoms with E-state index in [0.717, 1.165) is 12.0 Å². The first-order valence-electron chi connectivity index (χ1n) is 6.78. The number of nitrogens with zero attached hydrogens (tertiary/aromatic N) is 1. The molecule has 0 amide bonds. The molecule has 2 unspecified atom stereocenters. The van der Waals surface area contributed by atoms with E-state index in [1.165, 1.54) is 5.56 Å². The summed E-state index contributed by atoms with van der Waals surface area (Å²) in [6, 6.07) is 8.35. The van der Waals surface area contributed by atoms with Crippen LogP contribution in [0.1, 0.15) is 57.3 Å². The Balaban J connectivity index is 2.99. The molecule has 0 saturated carbocycles. The summed E-state index contributed by atoms with van der Waals surface area (Å²) in [6.45, 7) is 8.59. The zero-order chi connectivity index (χ0) is 13.9. The lowest BCUT2D eigenvalue weighted by atomic mass is 9.85. The van der Waals surface area contributed by atoms with Gasteiger partial charge >= 0.3 is 0 Å². The molecule has 0 radical (unpaired) electrons. The largest absolute Gasteiger partial charge is 0.386 e. The molecule has 102 valence electrons. The molecule has 2 heteroatoms. The van der Waals surface area contributed by atoms with Crippen molar-refractivity contribution in [2.75, 3.05) is 14.1 Å². The molecule has 0 fully saturated rings. The number of rotatable bonds is 5. The van der Waals surface area contributed by atoms with Crippen LogP contribution in [0.15, 0.2) is 24.3 Å². The Bertz CT molecular complexity index is 369. The van der Waals surface area contributed by atoms with Gasteiger partial charge in [0, 0.05) is 5.54 Å². The zero-order valence-electron chi connectivity index (χ0n) is 12.6. The Kier molecular flexibility index (Phi) is 4.94. The van der Waals surface area contributed by atoms with Gasteiger partial charge in [0.05, 0.1) is 6.10 Å². The van der Waals surface area contributed by atoms with Gasteiger partial charge in [0.15, 0.2) is 0 Å². The monoisotopic (exact) mass is 249 g/mol. The van der Waals surface area contributed by atoms with E-state index in [1.54, 1.807) is 0 Å². The molecule has 1 aromatic rings. The van der Waals surface area contributed by atoms with E-state index in [0.29, 0.717) is 5.92 Å². The van der Waals surface area contributed by atoms with Crippen LogP contribution in [-0.4, -0.2) is 29.6 Å². The van der Waals surface area contributed by atoms with Gasteiger partial charge in [-0.05, 0) is 44.5 Å². The van der Waals surface area contributed by atoms with E-state index in [1.807, 2.05) is 14.1 Å². The quantitative estimate of drug-likeness (QED) is 0.862. The highest BCUT2D eigenvalue weighted by Crippen LogP contribution is 2.33. The number of hydrogen-bond donors (Lipinski definition) is 1. The molecule has 2 nitrogen and oxygen atoms in total. The number of aliphatic hydroxyl groups excluding tert-OH is 1. The maximum atomic E-state index is 10.6. The molecule has 1 aromatic carbocycles. The normalized spacial score (nSPS) is 16.9. The molecule has 0 heterocycles. The van der Waals surface area contributed by atoms with Crippen molar-refractivity contribution in [2.24, 2.45) is 0 Å². The molecule has 0 aliphatic rings. The molecule has 0 bridgehead atoms. The molecular weight excluding hydrogens is 222 g/mol. The van der Waals surface area contributed by atoms with Crippen LogP contribution < -0.4 is 0 Å². The van der Waals surface area contributed by atoms with Gasteiger partial charge in [0.1, 0.15) is 0 Å².